The van der Waals surface area contributed by atoms with E-state index < -0.39 is 6.10 Å². The number of ether oxygens (including phenoxy) is 2. The molecule has 0 aliphatic carbocycles. The highest BCUT2D eigenvalue weighted by atomic mass is 16.5. The first kappa shape index (κ1) is 25.0. The van der Waals surface area contributed by atoms with Gasteiger partial charge in [0.2, 0.25) is 11.8 Å². The number of aliphatic hydroxyl groups is 2. The minimum absolute atomic E-state index is 0.0533. The van der Waals surface area contributed by atoms with Crippen LogP contribution in [0.4, 0.5) is 0 Å². The summed E-state index contributed by atoms with van der Waals surface area (Å²) in [5, 5.41) is 37.5. The number of rotatable bonds is 5. The molecule has 2 bridgehead atoms. The van der Waals surface area contributed by atoms with Crippen molar-refractivity contribution in [1.82, 2.24) is 34.7 Å². The van der Waals surface area contributed by atoms with Crippen LogP contribution < -0.4 is 9.47 Å². The molecule has 0 saturated carbocycles. The number of aromatic nitrogens is 6. The van der Waals surface area contributed by atoms with Crippen molar-refractivity contribution in [2.45, 2.75) is 39.1 Å². The van der Waals surface area contributed by atoms with Crippen molar-refractivity contribution >= 4 is 23.1 Å². The minimum Gasteiger partial charge on any atom is -0.473 e. The molecule has 1 aliphatic rings. The summed E-state index contributed by atoms with van der Waals surface area (Å²) in [6.45, 7) is 4.99. The average molecular weight is 508 g/mol. The molecule has 11 nitrogen and oxygen atoms in total. The molecule has 4 heterocycles. The zero-order valence-corrected chi connectivity index (χ0v) is 21.5. The Labute approximate surface area is 214 Å². The van der Waals surface area contributed by atoms with Crippen molar-refractivity contribution in [3.8, 4) is 22.9 Å². The van der Waals surface area contributed by atoms with Crippen LogP contribution >= 0.6 is 0 Å². The van der Waals surface area contributed by atoms with Gasteiger partial charge in [-0.15, -0.1) is 5.10 Å². The van der Waals surface area contributed by atoms with Crippen LogP contribution in [0.25, 0.3) is 34.2 Å². The van der Waals surface area contributed by atoms with Crippen LogP contribution in [-0.2, 0) is 20.1 Å². The van der Waals surface area contributed by atoms with Crippen molar-refractivity contribution < 1.29 is 19.7 Å². The first-order valence-corrected chi connectivity index (χ1v) is 12.4. The summed E-state index contributed by atoms with van der Waals surface area (Å²) < 4.78 is 15.8. The van der Waals surface area contributed by atoms with E-state index in [0.29, 0.717) is 31.4 Å². The molecule has 0 amide bonds. The molecule has 1 atom stereocenters. The summed E-state index contributed by atoms with van der Waals surface area (Å²) in [5.74, 6) is 1.09. The highest BCUT2D eigenvalue weighted by Crippen LogP contribution is 2.34. The summed E-state index contributed by atoms with van der Waals surface area (Å²) in [6, 6.07) is 6.01. The maximum absolute atomic E-state index is 10.2. The Morgan fingerprint density at radius 2 is 2.05 bits per heavy atom. The van der Waals surface area contributed by atoms with Crippen LogP contribution in [0, 0.1) is 0 Å². The second-order valence-corrected chi connectivity index (χ2v) is 9.59. The molecule has 4 aromatic rings. The van der Waals surface area contributed by atoms with E-state index in [1.54, 1.807) is 15.6 Å². The van der Waals surface area contributed by atoms with Gasteiger partial charge in [-0.2, -0.15) is 10.2 Å². The SMILES string of the molecule is CC(C)Oc1nn(CCO)c2c1/C=C/c1[nH]nc3ccc(cc13)-c1cnn(C)c1O[C@@H](CO)CN(C)C2. The number of hydrogen-bond donors (Lipinski definition) is 3. The summed E-state index contributed by atoms with van der Waals surface area (Å²) in [5.41, 5.74) is 5.17. The highest BCUT2D eigenvalue weighted by molar-refractivity contribution is 5.93. The highest BCUT2D eigenvalue weighted by Gasteiger charge is 2.24. The molecule has 1 aromatic carbocycles. The summed E-state index contributed by atoms with van der Waals surface area (Å²) in [6.07, 6.45) is 5.18. The van der Waals surface area contributed by atoms with E-state index in [1.165, 1.54) is 0 Å². The van der Waals surface area contributed by atoms with Crippen molar-refractivity contribution in [2.75, 3.05) is 26.8 Å². The third-order valence-corrected chi connectivity index (χ3v) is 6.34. The van der Waals surface area contributed by atoms with Gasteiger partial charge in [-0.05, 0) is 50.7 Å². The summed E-state index contributed by atoms with van der Waals surface area (Å²) in [7, 11) is 3.79. The molecular weight excluding hydrogens is 474 g/mol. The zero-order chi connectivity index (χ0) is 26.1. The van der Waals surface area contributed by atoms with Crippen molar-refractivity contribution in [2.24, 2.45) is 7.05 Å². The first-order chi connectivity index (χ1) is 17.9. The molecule has 0 radical (unpaired) electrons. The third kappa shape index (κ3) is 4.97. The third-order valence-electron chi connectivity index (χ3n) is 6.34. The van der Waals surface area contributed by atoms with Crippen LogP contribution in [0.3, 0.4) is 0 Å². The second kappa shape index (κ2) is 10.4. The Bertz CT molecular complexity index is 1420. The molecular formula is C26H33N7O4. The lowest BCUT2D eigenvalue weighted by molar-refractivity contribution is 0.0758. The number of aliphatic hydroxyl groups excluding tert-OH is 2. The van der Waals surface area contributed by atoms with Crippen molar-refractivity contribution in [3.63, 3.8) is 0 Å². The predicted octanol–water partition coefficient (Wildman–Crippen LogP) is 2.29. The van der Waals surface area contributed by atoms with Crippen LogP contribution in [0.5, 0.6) is 11.8 Å². The van der Waals surface area contributed by atoms with Crippen molar-refractivity contribution in [1.29, 1.82) is 0 Å². The minimum atomic E-state index is -0.489. The number of hydrogen-bond acceptors (Lipinski definition) is 8. The molecule has 3 N–H and O–H groups in total. The fourth-order valence-corrected chi connectivity index (χ4v) is 4.62. The molecule has 37 heavy (non-hydrogen) atoms. The van der Waals surface area contributed by atoms with Gasteiger partial charge in [-0.1, -0.05) is 6.07 Å². The van der Waals surface area contributed by atoms with E-state index in [1.807, 2.05) is 52.2 Å². The normalized spacial score (nSPS) is 17.3. The number of nitrogens with zero attached hydrogens (tertiary/aromatic N) is 6. The smallest absolute Gasteiger partial charge is 0.240 e. The summed E-state index contributed by atoms with van der Waals surface area (Å²) >= 11 is 0. The lowest BCUT2D eigenvalue weighted by Gasteiger charge is -2.24. The van der Waals surface area contributed by atoms with E-state index >= 15 is 0 Å². The van der Waals surface area contributed by atoms with Gasteiger partial charge >= 0.3 is 0 Å². The molecule has 1 aliphatic heterocycles. The van der Waals surface area contributed by atoms with Crippen LogP contribution in [0.1, 0.15) is 30.8 Å². The number of likely N-dealkylation sites (N-methyl/N-ethyl adjacent to an activating group) is 1. The van der Waals surface area contributed by atoms with E-state index in [-0.39, 0.29) is 19.3 Å². The maximum Gasteiger partial charge on any atom is 0.240 e. The Kier molecular flexibility index (Phi) is 7.00. The van der Waals surface area contributed by atoms with Gasteiger partial charge in [0.05, 0.1) is 60.1 Å². The molecule has 0 fully saturated rings. The maximum atomic E-state index is 10.2. The Hall–Kier alpha value is -3.67. The lowest BCUT2D eigenvalue weighted by atomic mass is 10.1. The van der Waals surface area contributed by atoms with Crippen LogP contribution in [-0.4, -0.2) is 83.9 Å². The average Bonchev–Trinajstić information content (AvgIpc) is 3.52. The summed E-state index contributed by atoms with van der Waals surface area (Å²) in [4.78, 5) is 2.06. The van der Waals surface area contributed by atoms with Gasteiger partial charge in [0, 0.05) is 25.5 Å². The van der Waals surface area contributed by atoms with Gasteiger partial charge < -0.3 is 19.7 Å². The molecule has 196 valence electrons. The fourth-order valence-electron chi connectivity index (χ4n) is 4.62. The Balaban J connectivity index is 1.69. The fraction of sp³-hybridized carbons (Fsp3) is 0.423. The standard InChI is InChI=1S/C26H33N7O4/c1-16(2)36-25-19-6-8-23-20-11-17(5-7-22(20)28-29-23)21-12-27-32(4)26(21)37-18(15-35)13-31(3)14-24(19)33(30-25)9-10-34/h5-8,11-12,16,18,34-35H,9-10,13-15H2,1-4H3,(H,28,29)/b8-6+/t18-/m1/s1. The van der Waals surface area contributed by atoms with Crippen LogP contribution in [0.15, 0.2) is 24.4 Å². The zero-order valence-electron chi connectivity index (χ0n) is 21.5. The number of nitrogens with one attached hydrogen (secondary N) is 1. The molecule has 0 unspecified atom stereocenters. The van der Waals surface area contributed by atoms with Crippen LogP contribution in [0.2, 0.25) is 0 Å². The van der Waals surface area contributed by atoms with E-state index in [9.17, 15) is 10.2 Å². The Morgan fingerprint density at radius 3 is 2.81 bits per heavy atom. The quantitative estimate of drug-likeness (QED) is 0.376. The van der Waals surface area contributed by atoms with Gasteiger partial charge in [0.25, 0.3) is 0 Å². The lowest BCUT2D eigenvalue weighted by Crippen LogP contribution is -2.36. The Morgan fingerprint density at radius 1 is 1.22 bits per heavy atom. The molecule has 0 saturated heterocycles. The number of benzene rings is 1. The predicted molar refractivity (Wildman–Crippen MR) is 140 cm³/mol. The topological polar surface area (TPSA) is 126 Å². The largest absolute Gasteiger partial charge is 0.473 e. The molecule has 0 spiro atoms. The molecule has 3 aromatic heterocycles. The van der Waals surface area contributed by atoms with Gasteiger partial charge in [-0.25, -0.2) is 4.68 Å². The first-order valence-electron chi connectivity index (χ1n) is 12.4. The van der Waals surface area contributed by atoms with E-state index in [4.69, 9.17) is 9.47 Å². The van der Waals surface area contributed by atoms with Crippen molar-refractivity contribution in [3.05, 3.63) is 41.3 Å². The number of H-pyrrole nitrogens is 1. The second-order valence-electron chi connectivity index (χ2n) is 9.59. The van der Waals surface area contributed by atoms with E-state index in [2.05, 4.69) is 31.4 Å². The monoisotopic (exact) mass is 507 g/mol. The number of fused-ring (bicyclic) bond motifs is 4. The van der Waals surface area contributed by atoms with E-state index in [0.717, 1.165) is 39.0 Å². The van der Waals surface area contributed by atoms with Gasteiger partial charge in [-0.3, -0.25) is 14.7 Å². The molecule has 11 heteroatoms. The van der Waals surface area contributed by atoms with Gasteiger partial charge in [0.1, 0.15) is 6.10 Å². The number of aryl methyl sites for hydroxylation is 1. The number of aromatic amines is 1. The van der Waals surface area contributed by atoms with Gasteiger partial charge in [0.15, 0.2) is 0 Å². The molecule has 5 rings (SSSR count).